The minimum atomic E-state index is -1.20. The normalized spacial score (nSPS) is 12.2. The number of benzene rings is 1. The third-order valence-corrected chi connectivity index (χ3v) is 2.70. The van der Waals surface area contributed by atoms with E-state index in [0.29, 0.717) is 22.2 Å². The molecule has 17 heavy (non-hydrogen) atoms. The van der Waals surface area contributed by atoms with Gasteiger partial charge in [-0.1, -0.05) is 12.1 Å². The fourth-order valence-electron chi connectivity index (χ4n) is 1.98. The standard InChI is InChI=1S/C14H7NO2/c16-14(17)13-9-5-1-3-7-11(9)15-12-8-4-2-6-10(12)13/h1-5,7-8H. The first-order valence-electron chi connectivity index (χ1n) is 5.18. The van der Waals surface area contributed by atoms with Crippen molar-refractivity contribution >= 4 is 22.9 Å². The number of hydrogen-bond donors (Lipinski definition) is 0. The van der Waals surface area contributed by atoms with E-state index in [1.54, 1.807) is 36.4 Å². The molecule has 80 valence electrons. The van der Waals surface area contributed by atoms with Crippen molar-refractivity contribution in [3.05, 3.63) is 59.3 Å². The van der Waals surface area contributed by atoms with Gasteiger partial charge in [0.2, 0.25) is 0 Å². The van der Waals surface area contributed by atoms with Crippen molar-refractivity contribution in [1.82, 2.24) is 4.98 Å². The molecule has 0 aliphatic heterocycles. The lowest BCUT2D eigenvalue weighted by Crippen LogP contribution is -2.24. The van der Waals surface area contributed by atoms with Crippen molar-refractivity contribution < 1.29 is 9.90 Å². The predicted molar refractivity (Wildman–Crippen MR) is 62.0 cm³/mol. The van der Waals surface area contributed by atoms with Gasteiger partial charge in [0.15, 0.2) is 11.3 Å². The predicted octanol–water partition coefficient (Wildman–Crippen LogP) is 1.33. The summed E-state index contributed by atoms with van der Waals surface area (Å²) in [5.41, 5.74) is 1.92. The summed E-state index contributed by atoms with van der Waals surface area (Å²) in [6.45, 7) is 0. The van der Waals surface area contributed by atoms with Gasteiger partial charge in [-0.3, -0.25) is 0 Å². The van der Waals surface area contributed by atoms with E-state index in [0.717, 1.165) is 0 Å². The maximum Gasteiger partial charge on any atom is 0.183 e. The molecule has 0 bridgehead atoms. The highest BCUT2D eigenvalue weighted by Gasteiger charge is 2.21. The van der Waals surface area contributed by atoms with Crippen molar-refractivity contribution in [3.63, 3.8) is 0 Å². The second-order valence-corrected chi connectivity index (χ2v) is 3.72. The van der Waals surface area contributed by atoms with Gasteiger partial charge in [0.1, 0.15) is 11.5 Å². The zero-order valence-electron chi connectivity index (χ0n) is 8.81. The number of carboxylic acids is 1. The summed E-state index contributed by atoms with van der Waals surface area (Å²) in [6.07, 6.45) is 8.13. The topological polar surface area (TPSA) is 53.0 Å². The van der Waals surface area contributed by atoms with Crippen LogP contribution in [-0.4, -0.2) is 11.0 Å². The van der Waals surface area contributed by atoms with E-state index >= 15 is 0 Å². The molecule has 0 radical (unpaired) electrons. The minimum absolute atomic E-state index is 0.159. The SMILES string of the molecule is O=C([O-])c1c2c(nc3ccccc13)C=CC=[C+]2. The summed E-state index contributed by atoms with van der Waals surface area (Å²) in [7, 11) is 0. The van der Waals surface area contributed by atoms with E-state index in [4.69, 9.17) is 0 Å². The third-order valence-electron chi connectivity index (χ3n) is 2.70. The van der Waals surface area contributed by atoms with E-state index in [-0.39, 0.29) is 5.56 Å². The maximum absolute atomic E-state index is 11.3. The molecule has 1 heterocycles. The highest BCUT2D eigenvalue weighted by molar-refractivity contribution is 6.04. The molecule has 1 aromatic heterocycles. The molecule has 1 aliphatic rings. The lowest BCUT2D eigenvalue weighted by molar-refractivity contribution is -0.254. The number of rotatable bonds is 1. The molecule has 0 atom stereocenters. The average molecular weight is 221 g/mol. The van der Waals surface area contributed by atoms with Gasteiger partial charge in [0.25, 0.3) is 0 Å². The van der Waals surface area contributed by atoms with Gasteiger partial charge in [0.05, 0.1) is 17.0 Å². The molecule has 1 aliphatic carbocycles. The van der Waals surface area contributed by atoms with Gasteiger partial charge in [-0.15, -0.1) is 0 Å². The summed E-state index contributed by atoms with van der Waals surface area (Å²) in [5.74, 6) is -1.20. The van der Waals surface area contributed by atoms with Crippen LogP contribution in [-0.2, 0) is 0 Å². The zero-order valence-corrected chi connectivity index (χ0v) is 8.81. The van der Waals surface area contributed by atoms with Crippen LogP contribution in [0.15, 0.2) is 36.4 Å². The Morgan fingerprint density at radius 3 is 2.94 bits per heavy atom. The van der Waals surface area contributed by atoms with Gasteiger partial charge < -0.3 is 9.90 Å². The first-order chi connectivity index (χ1) is 8.27. The number of hydrogen-bond acceptors (Lipinski definition) is 3. The van der Waals surface area contributed by atoms with Gasteiger partial charge in [0, 0.05) is 18.2 Å². The summed E-state index contributed by atoms with van der Waals surface area (Å²) in [6, 6.07) is 7.13. The Morgan fingerprint density at radius 2 is 2.12 bits per heavy atom. The summed E-state index contributed by atoms with van der Waals surface area (Å²) >= 11 is 0. The van der Waals surface area contributed by atoms with Crippen LogP contribution in [0.2, 0.25) is 0 Å². The van der Waals surface area contributed by atoms with Crippen molar-refractivity contribution in [1.29, 1.82) is 0 Å². The summed E-state index contributed by atoms with van der Waals surface area (Å²) in [5, 5.41) is 11.9. The molecule has 0 spiro atoms. The van der Waals surface area contributed by atoms with Gasteiger partial charge in [-0.25, -0.2) is 0 Å². The zero-order chi connectivity index (χ0) is 11.8. The van der Waals surface area contributed by atoms with Crippen molar-refractivity contribution in [2.24, 2.45) is 0 Å². The van der Waals surface area contributed by atoms with E-state index in [1.165, 1.54) is 0 Å². The number of fused-ring (bicyclic) bond motifs is 2. The van der Waals surface area contributed by atoms with E-state index in [2.05, 4.69) is 11.1 Å². The van der Waals surface area contributed by atoms with Crippen LogP contribution < -0.4 is 5.11 Å². The Morgan fingerprint density at radius 1 is 1.29 bits per heavy atom. The van der Waals surface area contributed by atoms with E-state index in [1.807, 2.05) is 6.07 Å². The molecule has 3 heteroatoms. The van der Waals surface area contributed by atoms with Crippen LogP contribution in [0.25, 0.3) is 17.0 Å². The molecule has 0 amide bonds. The van der Waals surface area contributed by atoms with Gasteiger partial charge in [-0.2, -0.15) is 4.98 Å². The molecule has 2 aromatic rings. The number of aromatic nitrogens is 1. The number of carbonyl (C=O) groups is 1. The fourth-order valence-corrected chi connectivity index (χ4v) is 1.98. The average Bonchev–Trinajstić information content (AvgIpc) is 2.35. The molecule has 1 aromatic carbocycles. The Labute approximate surface area is 97.7 Å². The monoisotopic (exact) mass is 221 g/mol. The number of pyridine rings is 1. The van der Waals surface area contributed by atoms with Crippen LogP contribution >= 0.6 is 0 Å². The first-order valence-corrected chi connectivity index (χ1v) is 5.18. The number of nitrogens with zero attached hydrogens (tertiary/aromatic N) is 1. The number of allylic oxidation sites excluding steroid dienone is 2. The molecule has 0 saturated carbocycles. The van der Waals surface area contributed by atoms with E-state index < -0.39 is 5.97 Å². The van der Waals surface area contributed by atoms with Crippen molar-refractivity contribution in [2.45, 2.75) is 0 Å². The van der Waals surface area contributed by atoms with Crippen LogP contribution in [0.3, 0.4) is 0 Å². The highest BCUT2D eigenvalue weighted by atomic mass is 16.4. The van der Waals surface area contributed by atoms with Crippen LogP contribution in [0.4, 0.5) is 0 Å². The molecule has 0 unspecified atom stereocenters. The van der Waals surface area contributed by atoms with Gasteiger partial charge >= 0.3 is 0 Å². The second kappa shape index (κ2) is 3.51. The Kier molecular flexibility index (Phi) is 2.00. The second-order valence-electron chi connectivity index (χ2n) is 3.72. The largest absolute Gasteiger partial charge is 0.535 e. The molecule has 3 rings (SSSR count). The quantitative estimate of drug-likeness (QED) is 0.683. The van der Waals surface area contributed by atoms with Crippen LogP contribution in [0.1, 0.15) is 21.6 Å². The Bertz CT molecular complexity index is 684. The molecular formula is C14H7NO2. The number of carbonyl (C=O) groups excluding carboxylic acids is 1. The van der Waals surface area contributed by atoms with E-state index in [9.17, 15) is 9.90 Å². The Hall–Kier alpha value is -2.51. The number of carboxylic acid groups (broad SMARTS) is 1. The lowest BCUT2D eigenvalue weighted by Gasteiger charge is -2.07. The maximum atomic E-state index is 11.3. The smallest absolute Gasteiger partial charge is 0.183 e. The number of aromatic carboxylic acids is 1. The van der Waals surface area contributed by atoms with Crippen LogP contribution in [0.5, 0.6) is 0 Å². The summed E-state index contributed by atoms with van der Waals surface area (Å²) in [4.78, 5) is 15.7. The fraction of sp³-hybridized carbons (Fsp3) is 0. The first kappa shape index (κ1) is 9.70. The Balaban J connectivity index is 2.50. The van der Waals surface area contributed by atoms with Gasteiger partial charge in [-0.05, 0) is 12.1 Å². The lowest BCUT2D eigenvalue weighted by atomic mass is 9.97. The minimum Gasteiger partial charge on any atom is -0.535 e. The van der Waals surface area contributed by atoms with Crippen LogP contribution in [0, 0.1) is 6.08 Å². The molecule has 0 saturated heterocycles. The highest BCUT2D eigenvalue weighted by Crippen LogP contribution is 2.25. The molecule has 0 N–H and O–H groups in total. The number of para-hydroxylation sites is 1. The molecule has 3 nitrogen and oxygen atoms in total. The summed E-state index contributed by atoms with van der Waals surface area (Å²) < 4.78 is 0. The van der Waals surface area contributed by atoms with Crippen molar-refractivity contribution in [3.8, 4) is 0 Å². The van der Waals surface area contributed by atoms with Crippen molar-refractivity contribution in [2.75, 3.05) is 0 Å². The molecule has 0 fully saturated rings. The third kappa shape index (κ3) is 1.41. The molecular weight excluding hydrogens is 214 g/mol.